The number of nitrogens with one attached hydrogen (secondary N) is 2. The number of para-hydroxylation sites is 2. The van der Waals surface area contributed by atoms with Crippen LogP contribution in [-0.2, 0) is 11.3 Å². The smallest absolute Gasteiger partial charge is 0.250 e. The standard InChI is InChI=1S/C19H19N5O2/c25-18-19(21-15-6-2-1-5-14(15)20-18)8-10-24(11-9-19)12-13-4-3-7-16-17(13)23-26-22-16/h1-7,21H,8-12H2,(H,20,25). The Balaban J connectivity index is 1.32. The number of nitrogens with zero attached hydrogens (tertiary/aromatic N) is 3. The molecule has 0 aliphatic carbocycles. The van der Waals surface area contributed by atoms with E-state index in [0.717, 1.165) is 60.4 Å². The highest BCUT2D eigenvalue weighted by atomic mass is 16.6. The maximum atomic E-state index is 12.7. The van der Waals surface area contributed by atoms with Gasteiger partial charge >= 0.3 is 0 Å². The first-order valence-electron chi connectivity index (χ1n) is 8.85. The molecule has 2 aliphatic heterocycles. The van der Waals surface area contributed by atoms with Crippen LogP contribution in [0.25, 0.3) is 11.0 Å². The first-order valence-corrected chi connectivity index (χ1v) is 8.85. The second-order valence-electron chi connectivity index (χ2n) is 7.03. The van der Waals surface area contributed by atoms with Gasteiger partial charge in [-0.05, 0) is 46.9 Å². The van der Waals surface area contributed by atoms with Gasteiger partial charge in [-0.1, -0.05) is 24.3 Å². The minimum Gasteiger partial charge on any atom is -0.369 e. The fourth-order valence-electron chi connectivity index (χ4n) is 3.93. The van der Waals surface area contributed by atoms with Gasteiger partial charge in [-0.25, -0.2) is 4.63 Å². The maximum absolute atomic E-state index is 12.7. The average Bonchev–Trinajstić information content (AvgIpc) is 3.14. The van der Waals surface area contributed by atoms with Crippen molar-refractivity contribution in [2.75, 3.05) is 23.7 Å². The van der Waals surface area contributed by atoms with Crippen molar-refractivity contribution in [3.63, 3.8) is 0 Å². The summed E-state index contributed by atoms with van der Waals surface area (Å²) >= 11 is 0. The van der Waals surface area contributed by atoms with Crippen molar-refractivity contribution in [3.05, 3.63) is 48.0 Å². The van der Waals surface area contributed by atoms with Gasteiger partial charge in [0, 0.05) is 19.6 Å². The highest BCUT2D eigenvalue weighted by molar-refractivity contribution is 6.06. The van der Waals surface area contributed by atoms with Gasteiger partial charge in [-0.15, -0.1) is 0 Å². The van der Waals surface area contributed by atoms with Gasteiger partial charge in [-0.3, -0.25) is 9.69 Å². The lowest BCUT2D eigenvalue weighted by Gasteiger charge is -2.44. The van der Waals surface area contributed by atoms with Crippen molar-refractivity contribution in [3.8, 4) is 0 Å². The largest absolute Gasteiger partial charge is 0.369 e. The second-order valence-corrected chi connectivity index (χ2v) is 7.03. The molecule has 3 heterocycles. The fourth-order valence-corrected chi connectivity index (χ4v) is 3.93. The summed E-state index contributed by atoms with van der Waals surface area (Å²) in [6, 6.07) is 13.8. The molecule has 1 spiro atoms. The number of carbonyl (C=O) groups is 1. The molecule has 0 atom stereocenters. The SMILES string of the molecule is O=C1Nc2ccccc2NC12CCN(Cc1cccc3nonc13)CC2. The Morgan fingerprint density at radius 3 is 2.69 bits per heavy atom. The molecule has 7 nitrogen and oxygen atoms in total. The van der Waals surface area contributed by atoms with Crippen molar-refractivity contribution < 1.29 is 9.42 Å². The minimum atomic E-state index is -0.522. The Bertz CT molecular complexity index is 975. The van der Waals surface area contributed by atoms with E-state index in [4.69, 9.17) is 4.63 Å². The van der Waals surface area contributed by atoms with Crippen LogP contribution in [0.2, 0.25) is 0 Å². The maximum Gasteiger partial charge on any atom is 0.250 e. The van der Waals surface area contributed by atoms with Crippen LogP contribution >= 0.6 is 0 Å². The molecular formula is C19H19N5O2. The number of amides is 1. The highest BCUT2D eigenvalue weighted by Gasteiger charge is 2.44. The predicted octanol–water partition coefficient (Wildman–Crippen LogP) is 2.62. The molecule has 2 aliphatic rings. The molecule has 3 aromatic rings. The third-order valence-electron chi connectivity index (χ3n) is 5.46. The zero-order chi connectivity index (χ0) is 17.6. The number of likely N-dealkylation sites (tertiary alicyclic amines) is 1. The van der Waals surface area contributed by atoms with Crippen LogP contribution < -0.4 is 10.6 Å². The quantitative estimate of drug-likeness (QED) is 0.740. The molecular weight excluding hydrogens is 330 g/mol. The van der Waals surface area contributed by atoms with Gasteiger partial charge in [0.15, 0.2) is 0 Å². The summed E-state index contributed by atoms with van der Waals surface area (Å²) in [6.07, 6.45) is 1.53. The third kappa shape index (κ3) is 2.43. The number of hydrogen-bond acceptors (Lipinski definition) is 6. The van der Waals surface area contributed by atoms with E-state index in [1.54, 1.807) is 0 Å². The van der Waals surface area contributed by atoms with E-state index in [1.165, 1.54) is 0 Å². The Morgan fingerprint density at radius 1 is 1.04 bits per heavy atom. The fraction of sp³-hybridized carbons (Fsp3) is 0.316. The lowest BCUT2D eigenvalue weighted by Crippen LogP contribution is -2.58. The summed E-state index contributed by atoms with van der Waals surface area (Å²) in [5.74, 6) is 0.0682. The van der Waals surface area contributed by atoms with Crippen LogP contribution in [0.4, 0.5) is 11.4 Å². The molecule has 0 radical (unpaired) electrons. The molecule has 0 bridgehead atoms. The predicted molar refractivity (Wildman–Crippen MR) is 97.7 cm³/mol. The topological polar surface area (TPSA) is 83.3 Å². The zero-order valence-corrected chi connectivity index (χ0v) is 14.2. The summed E-state index contributed by atoms with van der Waals surface area (Å²) < 4.78 is 4.85. The summed E-state index contributed by atoms with van der Waals surface area (Å²) in [4.78, 5) is 15.1. The summed E-state index contributed by atoms with van der Waals surface area (Å²) in [5.41, 5.74) is 4.03. The van der Waals surface area contributed by atoms with Crippen molar-refractivity contribution >= 4 is 28.3 Å². The van der Waals surface area contributed by atoms with Crippen LogP contribution in [0.1, 0.15) is 18.4 Å². The number of aromatic nitrogens is 2. The Labute approximate surface area is 150 Å². The van der Waals surface area contributed by atoms with Gasteiger partial charge in [0.2, 0.25) is 5.91 Å². The van der Waals surface area contributed by atoms with Gasteiger partial charge in [0.05, 0.1) is 11.4 Å². The van der Waals surface area contributed by atoms with E-state index in [2.05, 4.69) is 31.9 Å². The van der Waals surface area contributed by atoms with Crippen molar-refractivity contribution in [2.24, 2.45) is 0 Å². The lowest BCUT2D eigenvalue weighted by molar-refractivity contribution is -0.122. The lowest BCUT2D eigenvalue weighted by atomic mass is 9.84. The van der Waals surface area contributed by atoms with Crippen LogP contribution in [0.5, 0.6) is 0 Å². The number of benzene rings is 2. The van der Waals surface area contributed by atoms with E-state index in [-0.39, 0.29) is 5.91 Å². The number of rotatable bonds is 2. The Morgan fingerprint density at radius 2 is 1.85 bits per heavy atom. The first kappa shape index (κ1) is 15.3. The van der Waals surface area contributed by atoms with Crippen LogP contribution in [0.15, 0.2) is 47.1 Å². The highest BCUT2D eigenvalue weighted by Crippen LogP contribution is 2.36. The molecule has 2 N–H and O–H groups in total. The molecule has 1 amide bonds. The molecule has 26 heavy (non-hydrogen) atoms. The van der Waals surface area contributed by atoms with E-state index in [9.17, 15) is 4.79 Å². The Kier molecular flexibility index (Phi) is 3.43. The van der Waals surface area contributed by atoms with E-state index >= 15 is 0 Å². The summed E-state index contributed by atoms with van der Waals surface area (Å²) in [6.45, 7) is 2.45. The molecule has 132 valence electrons. The number of anilines is 2. The number of carbonyl (C=O) groups excluding carboxylic acids is 1. The van der Waals surface area contributed by atoms with Crippen molar-refractivity contribution in [1.29, 1.82) is 0 Å². The molecule has 1 fully saturated rings. The third-order valence-corrected chi connectivity index (χ3v) is 5.46. The first-order chi connectivity index (χ1) is 12.7. The van der Waals surface area contributed by atoms with Gasteiger partial charge < -0.3 is 10.6 Å². The number of piperidine rings is 1. The van der Waals surface area contributed by atoms with E-state index < -0.39 is 5.54 Å². The van der Waals surface area contributed by atoms with Crippen LogP contribution in [0.3, 0.4) is 0 Å². The van der Waals surface area contributed by atoms with Crippen molar-refractivity contribution in [2.45, 2.75) is 24.9 Å². The van der Waals surface area contributed by atoms with Crippen molar-refractivity contribution in [1.82, 2.24) is 15.2 Å². The molecule has 1 aromatic heterocycles. The molecule has 2 aromatic carbocycles. The molecule has 0 unspecified atom stereocenters. The monoisotopic (exact) mass is 349 g/mol. The number of fused-ring (bicyclic) bond motifs is 2. The minimum absolute atomic E-state index is 0.0682. The molecule has 5 rings (SSSR count). The molecule has 1 saturated heterocycles. The van der Waals surface area contributed by atoms with Gasteiger partial charge in [-0.2, -0.15) is 0 Å². The van der Waals surface area contributed by atoms with Gasteiger partial charge in [0.1, 0.15) is 16.6 Å². The molecule has 7 heteroatoms. The summed E-state index contributed by atoms with van der Waals surface area (Å²) in [7, 11) is 0. The summed E-state index contributed by atoms with van der Waals surface area (Å²) in [5, 5.41) is 14.5. The number of hydrogen-bond donors (Lipinski definition) is 2. The van der Waals surface area contributed by atoms with Crippen LogP contribution in [0, 0.1) is 0 Å². The van der Waals surface area contributed by atoms with E-state index in [1.807, 2.05) is 36.4 Å². The molecule has 0 saturated carbocycles. The zero-order valence-electron chi connectivity index (χ0n) is 14.2. The Hall–Kier alpha value is -2.93. The van der Waals surface area contributed by atoms with E-state index in [0.29, 0.717) is 0 Å². The average molecular weight is 349 g/mol. The normalized spacial score (nSPS) is 19.2. The van der Waals surface area contributed by atoms with Crippen LogP contribution in [-0.4, -0.2) is 39.7 Å². The van der Waals surface area contributed by atoms with Gasteiger partial charge in [0.25, 0.3) is 0 Å². The second kappa shape index (κ2) is 5.81.